The first-order valence-corrected chi connectivity index (χ1v) is 5.54. The van der Waals surface area contributed by atoms with Gasteiger partial charge < -0.3 is 0 Å². The van der Waals surface area contributed by atoms with Crippen LogP contribution in [-0.4, -0.2) is 25.0 Å². The van der Waals surface area contributed by atoms with Crippen LogP contribution in [0.25, 0.3) is 16.9 Å². The quantitative estimate of drug-likeness (QED) is 0.692. The lowest BCUT2D eigenvalue weighted by atomic mass is 10.2. The van der Waals surface area contributed by atoms with Gasteiger partial charge in [0.1, 0.15) is 5.82 Å². The average molecular weight is 241 g/mol. The zero-order chi connectivity index (χ0) is 12.7. The van der Waals surface area contributed by atoms with Crippen molar-refractivity contribution in [2.45, 2.75) is 13.8 Å². The summed E-state index contributed by atoms with van der Waals surface area (Å²) >= 11 is 0. The molecule has 0 aliphatic rings. The highest BCUT2D eigenvalue weighted by Gasteiger charge is 2.13. The molecular weight excluding hydrogens is 230 g/mol. The molecule has 0 atom stereocenters. The van der Waals surface area contributed by atoms with Crippen molar-refractivity contribution in [2.75, 3.05) is 0 Å². The summed E-state index contributed by atoms with van der Waals surface area (Å²) in [7, 11) is 0. The summed E-state index contributed by atoms with van der Waals surface area (Å²) in [5, 5.41) is 10.1. The van der Waals surface area contributed by atoms with Crippen LogP contribution in [0.5, 0.6) is 0 Å². The van der Waals surface area contributed by atoms with Crippen molar-refractivity contribution in [3.8, 4) is 5.69 Å². The van der Waals surface area contributed by atoms with Crippen LogP contribution in [0.1, 0.15) is 11.4 Å². The van der Waals surface area contributed by atoms with Gasteiger partial charge in [-0.3, -0.25) is 9.36 Å². The molecule has 0 saturated carbocycles. The lowest BCUT2D eigenvalue weighted by Crippen LogP contribution is -2.23. The van der Waals surface area contributed by atoms with Gasteiger partial charge in [-0.25, -0.2) is 4.98 Å². The van der Waals surface area contributed by atoms with Crippen LogP contribution >= 0.6 is 0 Å². The summed E-state index contributed by atoms with van der Waals surface area (Å²) in [4.78, 5) is 16.6. The van der Waals surface area contributed by atoms with Crippen molar-refractivity contribution < 1.29 is 0 Å². The van der Waals surface area contributed by atoms with E-state index in [1.165, 1.54) is 0 Å². The van der Waals surface area contributed by atoms with E-state index in [-0.39, 0.29) is 11.1 Å². The fraction of sp³-hybridized carbons (Fsp3) is 0.167. The monoisotopic (exact) mass is 241 g/mol. The largest absolute Gasteiger partial charge is 0.288 e. The van der Waals surface area contributed by atoms with Crippen LogP contribution in [0.2, 0.25) is 0 Å². The van der Waals surface area contributed by atoms with Crippen LogP contribution in [-0.2, 0) is 0 Å². The molecular formula is C12H11N5O. The molecule has 0 unspecified atom stereocenters. The minimum atomic E-state index is -0.208. The number of hydrogen-bond donors (Lipinski definition) is 1. The second-order valence-electron chi connectivity index (χ2n) is 4.08. The third-order valence-electron chi connectivity index (χ3n) is 2.88. The Balaban J connectivity index is 2.43. The summed E-state index contributed by atoms with van der Waals surface area (Å²) in [5.41, 5.74) is 2.22. The number of nitrogens with zero attached hydrogens (tertiary/aromatic N) is 4. The molecule has 3 rings (SSSR count). The molecule has 0 spiro atoms. The maximum absolute atomic E-state index is 12.4. The van der Waals surface area contributed by atoms with Crippen LogP contribution in [0.15, 0.2) is 29.1 Å². The molecule has 90 valence electrons. The Morgan fingerprint density at radius 2 is 1.94 bits per heavy atom. The van der Waals surface area contributed by atoms with Gasteiger partial charge in [-0.2, -0.15) is 5.21 Å². The van der Waals surface area contributed by atoms with E-state index < -0.39 is 0 Å². The van der Waals surface area contributed by atoms with Gasteiger partial charge in [-0.05, 0) is 25.5 Å². The molecule has 0 amide bonds. The number of aromatic amines is 1. The van der Waals surface area contributed by atoms with Gasteiger partial charge in [0, 0.05) is 0 Å². The molecule has 2 heterocycles. The van der Waals surface area contributed by atoms with Gasteiger partial charge in [0.05, 0.1) is 5.69 Å². The SMILES string of the molecule is Cc1ccccc1-n1c(C)nc2n[nH]nc2c1=O. The first kappa shape index (κ1) is 10.6. The Morgan fingerprint density at radius 1 is 1.17 bits per heavy atom. The number of nitrogens with one attached hydrogen (secondary N) is 1. The van der Waals surface area contributed by atoms with E-state index >= 15 is 0 Å². The number of para-hydroxylation sites is 1. The van der Waals surface area contributed by atoms with Gasteiger partial charge in [-0.1, -0.05) is 18.2 Å². The van der Waals surface area contributed by atoms with Crippen molar-refractivity contribution in [1.82, 2.24) is 25.0 Å². The van der Waals surface area contributed by atoms with E-state index in [0.717, 1.165) is 11.3 Å². The van der Waals surface area contributed by atoms with E-state index in [4.69, 9.17) is 0 Å². The van der Waals surface area contributed by atoms with Crippen molar-refractivity contribution in [2.24, 2.45) is 0 Å². The summed E-state index contributed by atoms with van der Waals surface area (Å²) in [6, 6.07) is 7.66. The molecule has 0 bridgehead atoms. The number of benzene rings is 1. The third-order valence-corrected chi connectivity index (χ3v) is 2.88. The van der Waals surface area contributed by atoms with E-state index in [1.807, 2.05) is 31.2 Å². The van der Waals surface area contributed by atoms with E-state index in [9.17, 15) is 4.79 Å². The lowest BCUT2D eigenvalue weighted by molar-refractivity contribution is 0.883. The van der Waals surface area contributed by atoms with Gasteiger partial charge in [0.25, 0.3) is 5.56 Å². The Morgan fingerprint density at radius 3 is 2.72 bits per heavy atom. The maximum atomic E-state index is 12.4. The molecule has 3 aromatic rings. The average Bonchev–Trinajstić information content (AvgIpc) is 2.79. The number of hydrogen-bond acceptors (Lipinski definition) is 4. The molecule has 1 aromatic carbocycles. The van der Waals surface area contributed by atoms with Crippen LogP contribution in [0, 0.1) is 13.8 Å². The van der Waals surface area contributed by atoms with Crippen LogP contribution < -0.4 is 5.56 Å². The number of aromatic nitrogens is 5. The van der Waals surface area contributed by atoms with Gasteiger partial charge in [0.15, 0.2) is 5.52 Å². The Labute approximate surface area is 102 Å². The third kappa shape index (κ3) is 1.42. The zero-order valence-corrected chi connectivity index (χ0v) is 10.0. The van der Waals surface area contributed by atoms with Gasteiger partial charge >= 0.3 is 0 Å². The van der Waals surface area contributed by atoms with Gasteiger partial charge in [-0.15, -0.1) is 10.2 Å². The molecule has 0 aliphatic carbocycles. The van der Waals surface area contributed by atoms with Crippen molar-refractivity contribution in [3.63, 3.8) is 0 Å². The minimum absolute atomic E-state index is 0.208. The smallest absolute Gasteiger partial charge is 0.266 e. The summed E-state index contributed by atoms with van der Waals surface area (Å²) < 4.78 is 1.56. The molecule has 1 N–H and O–H groups in total. The van der Waals surface area contributed by atoms with Gasteiger partial charge in [0.2, 0.25) is 5.65 Å². The first-order valence-electron chi connectivity index (χ1n) is 5.54. The Bertz CT molecular complexity index is 787. The molecule has 0 fully saturated rings. The highest BCUT2D eigenvalue weighted by atomic mass is 16.1. The highest BCUT2D eigenvalue weighted by Crippen LogP contribution is 2.13. The molecule has 6 nitrogen and oxygen atoms in total. The molecule has 18 heavy (non-hydrogen) atoms. The topological polar surface area (TPSA) is 76.5 Å². The number of fused-ring (bicyclic) bond motifs is 1. The second-order valence-corrected chi connectivity index (χ2v) is 4.08. The number of aryl methyl sites for hydroxylation is 2. The number of rotatable bonds is 1. The Hall–Kier alpha value is -2.50. The summed E-state index contributed by atoms with van der Waals surface area (Å²) in [6.07, 6.45) is 0. The first-order chi connectivity index (χ1) is 8.68. The minimum Gasteiger partial charge on any atom is -0.266 e. The number of H-pyrrole nitrogens is 1. The van der Waals surface area contributed by atoms with Crippen molar-refractivity contribution >= 4 is 11.2 Å². The lowest BCUT2D eigenvalue weighted by Gasteiger charge is -2.10. The predicted octanol–water partition coefficient (Wildman–Crippen LogP) is 1.12. The zero-order valence-electron chi connectivity index (χ0n) is 10.0. The molecule has 0 radical (unpaired) electrons. The molecule has 2 aromatic heterocycles. The van der Waals surface area contributed by atoms with E-state index in [0.29, 0.717) is 11.5 Å². The van der Waals surface area contributed by atoms with Crippen LogP contribution in [0.3, 0.4) is 0 Å². The van der Waals surface area contributed by atoms with E-state index in [1.54, 1.807) is 11.5 Å². The second kappa shape index (κ2) is 3.76. The predicted molar refractivity (Wildman–Crippen MR) is 66.8 cm³/mol. The normalized spacial score (nSPS) is 11.0. The summed E-state index contributed by atoms with van der Waals surface area (Å²) in [6.45, 7) is 3.73. The molecule has 0 aliphatic heterocycles. The highest BCUT2D eigenvalue weighted by molar-refractivity contribution is 5.68. The fourth-order valence-corrected chi connectivity index (χ4v) is 2.00. The maximum Gasteiger partial charge on any atom is 0.288 e. The molecule has 6 heteroatoms. The standard InChI is InChI=1S/C12H11N5O/c1-7-5-3-4-6-9(7)17-8(2)13-11-10(12(17)18)14-16-15-11/h3-6H,1-2H3,(H,14,15,16). The molecule has 0 saturated heterocycles. The summed E-state index contributed by atoms with van der Waals surface area (Å²) in [5.74, 6) is 0.593. The Kier molecular flexibility index (Phi) is 2.22. The van der Waals surface area contributed by atoms with Crippen molar-refractivity contribution in [1.29, 1.82) is 0 Å². The van der Waals surface area contributed by atoms with Crippen LogP contribution in [0.4, 0.5) is 0 Å². The van der Waals surface area contributed by atoms with E-state index in [2.05, 4.69) is 20.4 Å². The fourth-order valence-electron chi connectivity index (χ4n) is 2.00. The van der Waals surface area contributed by atoms with Crippen molar-refractivity contribution in [3.05, 3.63) is 46.0 Å².